The fourth-order valence-electron chi connectivity index (χ4n) is 2.20. The average Bonchev–Trinajstić information content (AvgIpc) is 3.08. The van der Waals surface area contributed by atoms with Gasteiger partial charge in [0.2, 0.25) is 0 Å². The van der Waals surface area contributed by atoms with Crippen LogP contribution in [0.15, 0.2) is 30.5 Å². The zero-order chi connectivity index (χ0) is 17.5. The molecule has 0 spiro atoms. The Morgan fingerprint density at radius 2 is 2.24 bits per heavy atom. The van der Waals surface area contributed by atoms with Crippen molar-refractivity contribution in [1.82, 2.24) is 20.3 Å². The number of benzene rings is 1. The molecule has 1 aromatic carbocycles. The summed E-state index contributed by atoms with van der Waals surface area (Å²) in [6.45, 7) is 2.42. The first-order chi connectivity index (χ1) is 11.5. The lowest BCUT2D eigenvalue weighted by Crippen LogP contribution is -2.40. The summed E-state index contributed by atoms with van der Waals surface area (Å²) >= 11 is 0. The van der Waals surface area contributed by atoms with Gasteiger partial charge in [-0.25, -0.2) is 4.68 Å². The van der Waals surface area contributed by atoms with Crippen LogP contribution in [0.25, 0.3) is 5.69 Å². The number of carbonyl (C=O) groups is 1. The Hall–Kier alpha value is -2.52. The van der Waals surface area contributed by atoms with E-state index in [1.165, 1.54) is 23.0 Å². The topological polar surface area (TPSA) is 129 Å². The van der Waals surface area contributed by atoms with Crippen LogP contribution in [0.5, 0.6) is 0 Å². The quantitative estimate of drug-likeness (QED) is 0.540. The second-order valence-electron chi connectivity index (χ2n) is 5.37. The fraction of sp³-hybridized carbons (Fsp3) is 0.400. The molecular formula is C15H21ClN6O3. The number of nitrogens with two attached hydrogens (primary N) is 1. The molecule has 1 amide bonds. The largest absolute Gasteiger partial charge is 0.347 e. The minimum atomic E-state index is -0.492. The molecule has 0 bridgehead atoms. The smallest absolute Gasteiger partial charge is 0.273 e. The third kappa shape index (κ3) is 5.50. The number of hydrogen-bond donors (Lipinski definition) is 2. The molecule has 9 nitrogen and oxygen atoms in total. The van der Waals surface area contributed by atoms with Crippen molar-refractivity contribution < 1.29 is 9.72 Å². The first-order valence-electron chi connectivity index (χ1n) is 7.73. The molecule has 2 rings (SSSR count). The zero-order valence-electron chi connectivity index (χ0n) is 13.8. The van der Waals surface area contributed by atoms with Gasteiger partial charge in [0.05, 0.1) is 16.8 Å². The van der Waals surface area contributed by atoms with Crippen LogP contribution >= 0.6 is 12.4 Å². The number of unbranched alkanes of at least 4 members (excludes halogenated alkanes) is 1. The summed E-state index contributed by atoms with van der Waals surface area (Å²) < 4.78 is 1.32. The summed E-state index contributed by atoms with van der Waals surface area (Å²) in [5, 5.41) is 21.3. The number of nitro benzene ring substituents is 1. The number of rotatable bonds is 8. The van der Waals surface area contributed by atoms with E-state index in [9.17, 15) is 14.9 Å². The lowest BCUT2D eigenvalue weighted by atomic mass is 10.1. The zero-order valence-corrected chi connectivity index (χ0v) is 14.6. The highest BCUT2D eigenvalue weighted by Gasteiger charge is 2.16. The first-order valence-corrected chi connectivity index (χ1v) is 7.73. The Labute approximate surface area is 151 Å². The van der Waals surface area contributed by atoms with E-state index in [-0.39, 0.29) is 35.7 Å². The molecule has 2 aromatic rings. The lowest BCUT2D eigenvalue weighted by Gasteiger charge is -2.15. The van der Waals surface area contributed by atoms with Crippen molar-refractivity contribution in [2.75, 3.05) is 6.54 Å². The maximum absolute atomic E-state index is 12.2. The van der Waals surface area contributed by atoms with Gasteiger partial charge in [0.1, 0.15) is 0 Å². The highest BCUT2D eigenvalue weighted by molar-refractivity contribution is 5.92. The van der Waals surface area contributed by atoms with Crippen molar-refractivity contribution in [3.8, 4) is 5.69 Å². The maximum Gasteiger partial charge on any atom is 0.273 e. The van der Waals surface area contributed by atoms with Gasteiger partial charge in [-0.05, 0) is 12.5 Å². The number of amides is 1. The summed E-state index contributed by atoms with van der Waals surface area (Å²) in [5.74, 6) is -0.363. The Kier molecular flexibility index (Phi) is 7.96. The number of nitrogens with one attached hydrogen (secondary N) is 1. The summed E-state index contributed by atoms with van der Waals surface area (Å²) in [6.07, 6.45) is 4.23. The van der Waals surface area contributed by atoms with Gasteiger partial charge in [0.15, 0.2) is 5.69 Å². The van der Waals surface area contributed by atoms with Crippen LogP contribution in [-0.4, -0.2) is 38.4 Å². The van der Waals surface area contributed by atoms with Crippen molar-refractivity contribution in [3.05, 3.63) is 46.3 Å². The van der Waals surface area contributed by atoms with Crippen LogP contribution in [-0.2, 0) is 0 Å². The summed E-state index contributed by atoms with van der Waals surface area (Å²) in [7, 11) is 0. The molecule has 1 unspecified atom stereocenters. The Morgan fingerprint density at radius 1 is 1.48 bits per heavy atom. The molecule has 0 saturated heterocycles. The van der Waals surface area contributed by atoms with Crippen molar-refractivity contribution in [2.24, 2.45) is 5.73 Å². The molecular weight excluding hydrogens is 348 g/mol. The average molecular weight is 369 g/mol. The highest BCUT2D eigenvalue weighted by atomic mass is 35.5. The van der Waals surface area contributed by atoms with E-state index in [0.717, 1.165) is 19.3 Å². The molecule has 3 N–H and O–H groups in total. The molecule has 25 heavy (non-hydrogen) atoms. The van der Waals surface area contributed by atoms with Crippen LogP contribution in [0.4, 0.5) is 5.69 Å². The lowest BCUT2D eigenvalue weighted by molar-refractivity contribution is -0.384. The van der Waals surface area contributed by atoms with Crippen LogP contribution in [0.1, 0.15) is 36.7 Å². The molecule has 0 aliphatic rings. The van der Waals surface area contributed by atoms with Gasteiger partial charge in [-0.15, -0.1) is 17.5 Å². The number of carbonyl (C=O) groups excluding carboxylic acids is 1. The Balaban J connectivity index is 0.00000312. The number of hydrogen-bond acceptors (Lipinski definition) is 6. The molecule has 0 radical (unpaired) electrons. The highest BCUT2D eigenvalue weighted by Crippen LogP contribution is 2.16. The van der Waals surface area contributed by atoms with Gasteiger partial charge in [-0.2, -0.15) is 0 Å². The molecule has 0 fully saturated rings. The van der Waals surface area contributed by atoms with Crippen molar-refractivity contribution in [1.29, 1.82) is 0 Å². The van der Waals surface area contributed by atoms with E-state index in [2.05, 4.69) is 22.6 Å². The SMILES string of the molecule is CCCCC(CN)NC(=O)c1cn(-c2cccc([N+](=O)[O-])c2)nn1.Cl. The maximum atomic E-state index is 12.2. The van der Waals surface area contributed by atoms with Crippen molar-refractivity contribution in [2.45, 2.75) is 32.2 Å². The molecule has 0 aliphatic carbocycles. The van der Waals surface area contributed by atoms with Crippen molar-refractivity contribution >= 4 is 24.0 Å². The number of nitrogens with zero attached hydrogens (tertiary/aromatic N) is 4. The van der Waals surface area contributed by atoms with Gasteiger partial charge < -0.3 is 11.1 Å². The third-order valence-corrected chi connectivity index (χ3v) is 3.56. The minimum Gasteiger partial charge on any atom is -0.347 e. The van der Waals surface area contributed by atoms with E-state index < -0.39 is 4.92 Å². The second kappa shape index (κ2) is 9.70. The molecule has 0 saturated carbocycles. The van der Waals surface area contributed by atoms with Crippen LogP contribution in [0.3, 0.4) is 0 Å². The number of nitro groups is 1. The molecule has 0 aliphatic heterocycles. The number of aromatic nitrogens is 3. The molecule has 1 atom stereocenters. The minimum absolute atomic E-state index is 0. The molecule has 10 heteroatoms. The van der Waals surface area contributed by atoms with Crippen LogP contribution in [0.2, 0.25) is 0 Å². The summed E-state index contributed by atoms with van der Waals surface area (Å²) in [6, 6.07) is 5.83. The van der Waals surface area contributed by atoms with Gasteiger partial charge in [0.25, 0.3) is 11.6 Å². The Bertz CT molecular complexity index is 721. The van der Waals surface area contributed by atoms with E-state index in [1.54, 1.807) is 12.1 Å². The van der Waals surface area contributed by atoms with E-state index in [1.807, 2.05) is 0 Å². The monoisotopic (exact) mass is 368 g/mol. The number of non-ortho nitro benzene ring substituents is 1. The first kappa shape index (κ1) is 20.5. The van der Waals surface area contributed by atoms with E-state index in [4.69, 9.17) is 5.73 Å². The summed E-state index contributed by atoms with van der Waals surface area (Å²) in [5.41, 5.74) is 6.19. The van der Waals surface area contributed by atoms with Crippen LogP contribution in [0, 0.1) is 10.1 Å². The predicted octanol–water partition coefficient (Wildman–Crippen LogP) is 1.84. The Morgan fingerprint density at radius 3 is 2.88 bits per heavy atom. The van der Waals surface area contributed by atoms with Crippen LogP contribution < -0.4 is 11.1 Å². The predicted molar refractivity (Wildman–Crippen MR) is 95.1 cm³/mol. The second-order valence-corrected chi connectivity index (χ2v) is 5.37. The van der Waals surface area contributed by atoms with Crippen molar-refractivity contribution in [3.63, 3.8) is 0 Å². The molecule has 136 valence electrons. The van der Waals surface area contributed by atoms with E-state index in [0.29, 0.717) is 12.2 Å². The molecule has 1 heterocycles. The standard InChI is InChI=1S/C15H20N6O3.ClH/c1-2-3-5-11(9-16)17-15(22)14-10-20(19-18-14)12-6-4-7-13(8-12)21(23)24;/h4,6-8,10-11H,2-3,5,9,16H2,1H3,(H,17,22);1H. The number of halogens is 1. The fourth-order valence-corrected chi connectivity index (χ4v) is 2.20. The summed E-state index contributed by atoms with van der Waals surface area (Å²) in [4.78, 5) is 22.5. The van der Waals surface area contributed by atoms with Gasteiger partial charge in [-0.1, -0.05) is 31.0 Å². The third-order valence-electron chi connectivity index (χ3n) is 3.56. The molecule has 1 aromatic heterocycles. The normalized spacial score (nSPS) is 11.4. The van der Waals surface area contributed by atoms with E-state index >= 15 is 0 Å². The van der Waals surface area contributed by atoms with Gasteiger partial charge in [0, 0.05) is 24.7 Å². The van der Waals surface area contributed by atoms with Gasteiger partial charge in [-0.3, -0.25) is 14.9 Å². The van der Waals surface area contributed by atoms with Gasteiger partial charge >= 0.3 is 0 Å².